The highest BCUT2D eigenvalue weighted by atomic mass is 79.9. The summed E-state index contributed by atoms with van der Waals surface area (Å²) in [6.45, 7) is 7.45. The molecule has 1 aromatic carbocycles. The summed E-state index contributed by atoms with van der Waals surface area (Å²) in [7, 11) is 2.18. The molecule has 2 fully saturated rings. The van der Waals surface area contributed by atoms with Crippen LogP contribution in [0.1, 0.15) is 30.9 Å². The normalized spacial score (nSPS) is 19.1. The molecule has 0 bridgehead atoms. The summed E-state index contributed by atoms with van der Waals surface area (Å²) in [5, 5.41) is 8.54. The minimum Gasteiger partial charge on any atom is -0.354 e. The van der Waals surface area contributed by atoms with E-state index in [-0.39, 0.29) is 11.9 Å². The summed E-state index contributed by atoms with van der Waals surface area (Å²) in [6.07, 6.45) is 7.99. The lowest BCUT2D eigenvalue weighted by molar-refractivity contribution is -0.111. The smallest absolute Gasteiger partial charge is 0.247 e. The number of hydrogen-bond acceptors (Lipinski definition) is 7. The zero-order chi connectivity index (χ0) is 24.4. The van der Waals surface area contributed by atoms with Gasteiger partial charge < -0.3 is 20.4 Å². The molecule has 1 atom stereocenters. The largest absolute Gasteiger partial charge is 0.354 e. The molecule has 5 rings (SSSR count). The maximum Gasteiger partial charge on any atom is 0.247 e. The number of halogens is 1. The van der Waals surface area contributed by atoms with Gasteiger partial charge in [0, 0.05) is 54.2 Å². The molecule has 4 heterocycles. The average molecular weight is 536 g/mol. The number of aromatic nitrogens is 3. The number of carbonyl (C=O) groups is 1. The van der Waals surface area contributed by atoms with Gasteiger partial charge in [0.25, 0.3) is 0 Å². The molecular formula is C26H30BrN7O. The number of rotatable bonds is 6. The van der Waals surface area contributed by atoms with E-state index in [0.717, 1.165) is 77.9 Å². The quantitative estimate of drug-likeness (QED) is 0.452. The van der Waals surface area contributed by atoms with Gasteiger partial charge in [0.2, 0.25) is 11.9 Å². The number of carbonyl (C=O) groups excluding carboxylic acids is 1. The topological polar surface area (TPSA) is 86.3 Å². The minimum absolute atomic E-state index is 0.210. The van der Waals surface area contributed by atoms with Crippen molar-refractivity contribution in [3.05, 3.63) is 59.5 Å². The standard InChI is InChI=1S/C26H30BrN7O/c1-3-24(35)30-20-4-5-22-18(12-20)13-23(17-6-9-33(2)10-7-17)32-25(22)34-11-8-21(16-34)31-26-28-14-19(27)15-29-26/h3-5,12-15,17,21H,1,6-11,16H2,2H3,(H,30,35)(H,28,29,31). The molecular weight excluding hydrogens is 506 g/mol. The number of nitrogens with one attached hydrogen (secondary N) is 2. The molecule has 2 aliphatic rings. The Bertz CT molecular complexity index is 1220. The van der Waals surface area contributed by atoms with Gasteiger partial charge in [0.15, 0.2) is 0 Å². The number of fused-ring (bicyclic) bond motifs is 1. The summed E-state index contributed by atoms with van der Waals surface area (Å²) in [5.74, 6) is 1.88. The molecule has 1 unspecified atom stereocenters. The highest BCUT2D eigenvalue weighted by Crippen LogP contribution is 2.35. The SMILES string of the molecule is C=CC(=O)Nc1ccc2c(N3CCC(Nc4ncc(Br)cn4)C3)nc(C3CCN(C)CC3)cc2c1. The lowest BCUT2D eigenvalue weighted by Gasteiger charge is -2.30. The highest BCUT2D eigenvalue weighted by molar-refractivity contribution is 9.10. The van der Waals surface area contributed by atoms with E-state index in [9.17, 15) is 4.79 Å². The van der Waals surface area contributed by atoms with Crippen LogP contribution in [0.5, 0.6) is 0 Å². The lowest BCUT2D eigenvalue weighted by atomic mass is 9.92. The van der Waals surface area contributed by atoms with Crippen LogP contribution in [0.2, 0.25) is 0 Å². The van der Waals surface area contributed by atoms with Gasteiger partial charge in [-0.1, -0.05) is 6.58 Å². The van der Waals surface area contributed by atoms with E-state index in [1.54, 1.807) is 12.4 Å². The fourth-order valence-electron chi connectivity index (χ4n) is 4.93. The Kier molecular flexibility index (Phi) is 6.97. The van der Waals surface area contributed by atoms with E-state index in [1.807, 2.05) is 12.1 Å². The summed E-state index contributed by atoms with van der Waals surface area (Å²) >= 11 is 3.39. The van der Waals surface area contributed by atoms with E-state index in [4.69, 9.17) is 4.98 Å². The molecule has 0 saturated carbocycles. The molecule has 182 valence electrons. The van der Waals surface area contributed by atoms with Crippen molar-refractivity contribution in [1.29, 1.82) is 0 Å². The van der Waals surface area contributed by atoms with Crippen molar-refractivity contribution in [3.63, 3.8) is 0 Å². The zero-order valence-electron chi connectivity index (χ0n) is 19.9. The van der Waals surface area contributed by atoms with Crippen molar-refractivity contribution in [2.75, 3.05) is 48.8 Å². The van der Waals surface area contributed by atoms with E-state index in [0.29, 0.717) is 11.9 Å². The molecule has 0 spiro atoms. The minimum atomic E-state index is -0.210. The third-order valence-corrected chi connectivity index (χ3v) is 7.27. The van der Waals surface area contributed by atoms with Crippen molar-refractivity contribution in [3.8, 4) is 0 Å². The van der Waals surface area contributed by atoms with Crippen LogP contribution < -0.4 is 15.5 Å². The molecule has 8 nitrogen and oxygen atoms in total. The Balaban J connectivity index is 1.44. The Labute approximate surface area is 214 Å². The van der Waals surface area contributed by atoms with Crippen LogP contribution in [0, 0.1) is 0 Å². The molecule has 2 saturated heterocycles. The van der Waals surface area contributed by atoms with Gasteiger partial charge in [-0.05, 0) is 91.1 Å². The van der Waals surface area contributed by atoms with Gasteiger partial charge in [-0.25, -0.2) is 15.0 Å². The summed E-state index contributed by atoms with van der Waals surface area (Å²) < 4.78 is 0.862. The summed E-state index contributed by atoms with van der Waals surface area (Å²) in [4.78, 5) is 30.6. The number of amides is 1. The van der Waals surface area contributed by atoms with Gasteiger partial charge in [0.05, 0.1) is 4.47 Å². The number of likely N-dealkylation sites (tertiary alicyclic amines) is 1. The molecule has 2 N–H and O–H groups in total. The average Bonchev–Trinajstić information content (AvgIpc) is 3.33. The Morgan fingerprint density at radius 3 is 2.66 bits per heavy atom. The molecule has 0 aliphatic carbocycles. The predicted octanol–water partition coefficient (Wildman–Crippen LogP) is 4.41. The number of benzene rings is 1. The summed E-state index contributed by atoms with van der Waals surface area (Å²) in [6, 6.07) is 8.49. The van der Waals surface area contributed by atoms with Crippen molar-refractivity contribution in [2.45, 2.75) is 31.2 Å². The monoisotopic (exact) mass is 535 g/mol. The molecule has 35 heavy (non-hydrogen) atoms. The third-order valence-electron chi connectivity index (χ3n) is 6.86. The van der Waals surface area contributed by atoms with E-state index >= 15 is 0 Å². The maximum absolute atomic E-state index is 11.9. The molecule has 2 aromatic heterocycles. The molecule has 0 radical (unpaired) electrons. The van der Waals surface area contributed by atoms with Crippen molar-refractivity contribution < 1.29 is 4.79 Å². The van der Waals surface area contributed by atoms with Crippen molar-refractivity contribution >= 4 is 50.1 Å². The van der Waals surface area contributed by atoms with Crippen LogP contribution in [0.4, 0.5) is 17.5 Å². The van der Waals surface area contributed by atoms with Gasteiger partial charge in [-0.15, -0.1) is 0 Å². The first-order valence-corrected chi connectivity index (χ1v) is 12.8. The number of piperidine rings is 1. The van der Waals surface area contributed by atoms with E-state index in [1.165, 1.54) is 6.08 Å². The van der Waals surface area contributed by atoms with Crippen LogP contribution in [-0.4, -0.2) is 65.0 Å². The van der Waals surface area contributed by atoms with Crippen LogP contribution in [0.25, 0.3) is 10.8 Å². The molecule has 9 heteroatoms. The number of pyridine rings is 1. The molecule has 3 aromatic rings. The first-order chi connectivity index (χ1) is 17.0. The first kappa shape index (κ1) is 23.7. The Morgan fingerprint density at radius 2 is 1.91 bits per heavy atom. The van der Waals surface area contributed by atoms with Gasteiger partial charge in [-0.3, -0.25) is 4.79 Å². The van der Waals surface area contributed by atoms with E-state index in [2.05, 4.69) is 72.1 Å². The Hall–Kier alpha value is -3.04. The van der Waals surface area contributed by atoms with Crippen LogP contribution in [0.15, 0.2) is 53.8 Å². The second-order valence-corrected chi connectivity index (χ2v) is 10.3. The van der Waals surface area contributed by atoms with E-state index < -0.39 is 0 Å². The van der Waals surface area contributed by atoms with Gasteiger partial charge >= 0.3 is 0 Å². The van der Waals surface area contributed by atoms with Crippen molar-refractivity contribution in [1.82, 2.24) is 19.9 Å². The fraction of sp³-hybridized carbons (Fsp3) is 0.385. The molecule has 1 amide bonds. The fourth-order valence-corrected chi connectivity index (χ4v) is 5.13. The van der Waals surface area contributed by atoms with Crippen LogP contribution >= 0.6 is 15.9 Å². The second-order valence-electron chi connectivity index (χ2n) is 9.38. The molecule has 2 aliphatic heterocycles. The number of anilines is 3. The van der Waals surface area contributed by atoms with Crippen molar-refractivity contribution in [2.24, 2.45) is 0 Å². The first-order valence-electron chi connectivity index (χ1n) is 12.0. The highest BCUT2D eigenvalue weighted by Gasteiger charge is 2.27. The maximum atomic E-state index is 11.9. The predicted molar refractivity (Wildman–Crippen MR) is 144 cm³/mol. The lowest BCUT2D eigenvalue weighted by Crippen LogP contribution is -2.30. The zero-order valence-corrected chi connectivity index (χ0v) is 21.5. The third kappa shape index (κ3) is 5.46. The number of nitrogens with zero attached hydrogens (tertiary/aromatic N) is 5. The van der Waals surface area contributed by atoms with Crippen LogP contribution in [0.3, 0.4) is 0 Å². The second kappa shape index (κ2) is 10.3. The Morgan fingerprint density at radius 1 is 1.14 bits per heavy atom. The van der Waals surface area contributed by atoms with Gasteiger partial charge in [-0.2, -0.15) is 0 Å². The van der Waals surface area contributed by atoms with Gasteiger partial charge in [0.1, 0.15) is 5.82 Å². The summed E-state index contributed by atoms with van der Waals surface area (Å²) in [5.41, 5.74) is 1.91. The number of hydrogen-bond donors (Lipinski definition) is 2. The van der Waals surface area contributed by atoms with Crippen LogP contribution in [-0.2, 0) is 4.79 Å².